The third-order valence-electron chi connectivity index (χ3n) is 7.66. The third kappa shape index (κ3) is 3.78. The lowest BCUT2D eigenvalue weighted by molar-refractivity contribution is 0.182. The molecule has 0 fully saturated rings. The van der Waals surface area contributed by atoms with Crippen molar-refractivity contribution in [3.63, 3.8) is 0 Å². The molecule has 0 saturated carbocycles. The van der Waals surface area contributed by atoms with Crippen LogP contribution in [0.15, 0.2) is 162 Å². The number of rotatable bonds is 5. The minimum absolute atomic E-state index is 0.596. The summed E-state index contributed by atoms with van der Waals surface area (Å²) in [4.78, 5) is 0. The first-order valence-electron chi connectivity index (χ1n) is 13.6. The number of ether oxygens (including phenoxy) is 1. The van der Waals surface area contributed by atoms with E-state index >= 15 is 0 Å². The summed E-state index contributed by atoms with van der Waals surface area (Å²) >= 11 is 0. The number of allylic oxidation sites excluding steroid dienone is 2. The van der Waals surface area contributed by atoms with Crippen molar-refractivity contribution in [2.45, 2.75) is 12.6 Å². The first kappa shape index (κ1) is 23.9. The maximum atomic E-state index is 7.21. The average molecular weight is 517 g/mol. The summed E-state index contributed by atoms with van der Waals surface area (Å²) in [6.07, 6.45) is 0. The topological polar surface area (TPSA) is 24.8 Å². The van der Waals surface area contributed by atoms with Gasteiger partial charge in [-0.25, -0.2) is 5.01 Å². The highest BCUT2D eigenvalue weighted by molar-refractivity contribution is 6.23. The summed E-state index contributed by atoms with van der Waals surface area (Å²) in [5.41, 5.74) is 8.77. The number of anilines is 1. The Kier molecular flexibility index (Phi) is 5.90. The fraction of sp³-hybridized carbons (Fsp3) is 0.0541. The Labute approximate surface area is 235 Å². The molecule has 192 valence electrons. The first-order chi connectivity index (χ1) is 19.8. The second kappa shape index (κ2) is 9.87. The average Bonchev–Trinajstić information content (AvgIpc) is 3.56. The van der Waals surface area contributed by atoms with Gasteiger partial charge in [0.15, 0.2) is 0 Å². The van der Waals surface area contributed by atoms with E-state index in [0.717, 1.165) is 50.2 Å². The maximum Gasteiger partial charge on any atom is 0.254 e. The molecular formula is C37H28N2O. The molecule has 5 aromatic rings. The van der Waals surface area contributed by atoms with E-state index in [-0.39, 0.29) is 0 Å². The molecule has 0 amide bonds. The number of hydrazone groups is 1. The molecule has 1 atom stereocenters. The summed E-state index contributed by atoms with van der Waals surface area (Å²) in [6.45, 7) is 2.20. The van der Waals surface area contributed by atoms with Crippen LogP contribution in [-0.4, -0.2) is 11.6 Å². The molecule has 1 aliphatic carbocycles. The molecule has 1 unspecified atom stereocenters. The van der Waals surface area contributed by atoms with E-state index in [1.54, 1.807) is 0 Å². The standard InChI is InChI=1S/C37H28N2O/c1-27-33(28-17-7-2-8-18-28)34(29-19-9-3-10-20-29)35(30-21-11-4-12-22-30)37(27)39(32-25-15-6-16-26-32)38-36(40-37)31-23-13-5-14-24-31/h2-26H,1H3. The zero-order valence-electron chi connectivity index (χ0n) is 22.2. The van der Waals surface area contributed by atoms with Crippen LogP contribution in [0.4, 0.5) is 5.69 Å². The Morgan fingerprint density at radius 2 is 0.925 bits per heavy atom. The van der Waals surface area contributed by atoms with Crippen molar-refractivity contribution in [3.8, 4) is 0 Å². The van der Waals surface area contributed by atoms with Crippen molar-refractivity contribution in [3.05, 3.63) is 179 Å². The van der Waals surface area contributed by atoms with Crippen molar-refractivity contribution in [2.75, 3.05) is 5.01 Å². The Balaban J connectivity index is 1.59. The third-order valence-corrected chi connectivity index (χ3v) is 7.66. The smallest absolute Gasteiger partial charge is 0.254 e. The van der Waals surface area contributed by atoms with Crippen LogP contribution in [0.5, 0.6) is 0 Å². The molecule has 2 aliphatic rings. The second-order valence-electron chi connectivity index (χ2n) is 10.0. The molecule has 3 heteroatoms. The van der Waals surface area contributed by atoms with E-state index in [0.29, 0.717) is 5.90 Å². The molecule has 5 aromatic carbocycles. The minimum Gasteiger partial charge on any atom is -0.439 e. The van der Waals surface area contributed by atoms with E-state index in [9.17, 15) is 0 Å². The summed E-state index contributed by atoms with van der Waals surface area (Å²) in [6, 6.07) is 52.4. The Morgan fingerprint density at radius 3 is 1.45 bits per heavy atom. The molecule has 3 nitrogen and oxygen atoms in total. The van der Waals surface area contributed by atoms with Crippen LogP contribution in [-0.2, 0) is 4.74 Å². The van der Waals surface area contributed by atoms with Gasteiger partial charge in [-0.1, -0.05) is 127 Å². The Bertz CT molecular complexity index is 1740. The van der Waals surface area contributed by atoms with Gasteiger partial charge >= 0.3 is 0 Å². The summed E-state index contributed by atoms with van der Waals surface area (Å²) in [5, 5.41) is 7.28. The highest BCUT2D eigenvalue weighted by atomic mass is 16.6. The van der Waals surface area contributed by atoms with Crippen LogP contribution in [0.1, 0.15) is 29.2 Å². The van der Waals surface area contributed by atoms with Gasteiger partial charge in [0, 0.05) is 16.7 Å². The predicted molar refractivity (Wildman–Crippen MR) is 164 cm³/mol. The van der Waals surface area contributed by atoms with Crippen molar-refractivity contribution in [1.29, 1.82) is 0 Å². The number of nitrogens with zero attached hydrogens (tertiary/aromatic N) is 2. The van der Waals surface area contributed by atoms with Crippen molar-refractivity contribution < 1.29 is 4.74 Å². The van der Waals surface area contributed by atoms with Crippen LogP contribution < -0.4 is 5.01 Å². The lowest BCUT2D eigenvalue weighted by Gasteiger charge is -2.37. The van der Waals surface area contributed by atoms with E-state index in [4.69, 9.17) is 9.84 Å². The van der Waals surface area contributed by atoms with Gasteiger partial charge in [-0.3, -0.25) is 0 Å². The van der Waals surface area contributed by atoms with Crippen molar-refractivity contribution >= 4 is 28.3 Å². The van der Waals surface area contributed by atoms with Gasteiger partial charge in [0.1, 0.15) is 0 Å². The number of hydrogen-bond donors (Lipinski definition) is 0. The molecule has 0 radical (unpaired) electrons. The van der Waals surface area contributed by atoms with Gasteiger partial charge in [-0.15, -0.1) is 5.10 Å². The normalized spacial score (nSPS) is 18.3. The first-order valence-corrected chi connectivity index (χ1v) is 13.6. The van der Waals surface area contributed by atoms with Gasteiger partial charge in [-0.05, 0) is 59.0 Å². The molecular weight excluding hydrogens is 488 g/mol. The van der Waals surface area contributed by atoms with Crippen LogP contribution in [0, 0.1) is 0 Å². The second-order valence-corrected chi connectivity index (χ2v) is 10.0. The van der Waals surface area contributed by atoms with E-state index in [2.05, 4.69) is 139 Å². The zero-order valence-corrected chi connectivity index (χ0v) is 22.2. The lowest BCUT2D eigenvalue weighted by Crippen LogP contribution is -2.46. The summed E-state index contributed by atoms with van der Waals surface area (Å²) < 4.78 is 7.21. The highest BCUT2D eigenvalue weighted by Crippen LogP contribution is 2.58. The quantitative estimate of drug-likeness (QED) is 0.233. The van der Waals surface area contributed by atoms with E-state index < -0.39 is 5.72 Å². The molecule has 0 N–H and O–H groups in total. The van der Waals surface area contributed by atoms with Crippen LogP contribution >= 0.6 is 0 Å². The van der Waals surface area contributed by atoms with Gasteiger partial charge in [0.2, 0.25) is 5.90 Å². The van der Waals surface area contributed by atoms with Gasteiger partial charge in [0.25, 0.3) is 5.72 Å². The Hall–Kier alpha value is -5.15. The van der Waals surface area contributed by atoms with Gasteiger partial charge < -0.3 is 4.74 Å². The molecule has 0 aromatic heterocycles. The van der Waals surface area contributed by atoms with Gasteiger partial charge in [-0.2, -0.15) is 0 Å². The molecule has 0 bridgehead atoms. The Morgan fingerprint density at radius 1 is 0.500 bits per heavy atom. The monoisotopic (exact) mass is 516 g/mol. The highest BCUT2D eigenvalue weighted by Gasteiger charge is 2.57. The van der Waals surface area contributed by atoms with E-state index in [1.807, 2.05) is 24.3 Å². The number of para-hydroxylation sites is 1. The largest absolute Gasteiger partial charge is 0.439 e. The van der Waals surface area contributed by atoms with Crippen molar-refractivity contribution in [1.82, 2.24) is 0 Å². The predicted octanol–water partition coefficient (Wildman–Crippen LogP) is 8.68. The molecule has 1 heterocycles. The fourth-order valence-electron chi connectivity index (χ4n) is 5.91. The van der Waals surface area contributed by atoms with Crippen LogP contribution in [0.25, 0.3) is 16.7 Å². The molecule has 1 aliphatic heterocycles. The van der Waals surface area contributed by atoms with Crippen LogP contribution in [0.2, 0.25) is 0 Å². The maximum absolute atomic E-state index is 7.21. The summed E-state index contributed by atoms with van der Waals surface area (Å²) in [7, 11) is 0. The SMILES string of the molecule is CC1=C(c2ccccc2)C(c2ccccc2)=C(c2ccccc2)C12OC(c1ccccc1)=NN2c1ccccc1. The number of hydrogen-bond acceptors (Lipinski definition) is 3. The lowest BCUT2D eigenvalue weighted by atomic mass is 9.88. The summed E-state index contributed by atoms with van der Waals surface area (Å²) in [5.74, 6) is 0.596. The van der Waals surface area contributed by atoms with Crippen LogP contribution in [0.3, 0.4) is 0 Å². The van der Waals surface area contributed by atoms with Crippen molar-refractivity contribution in [2.24, 2.45) is 5.10 Å². The fourth-order valence-corrected chi connectivity index (χ4v) is 5.91. The molecule has 7 rings (SSSR count). The minimum atomic E-state index is -0.996. The zero-order chi connectivity index (χ0) is 26.9. The number of benzene rings is 5. The van der Waals surface area contributed by atoms with Gasteiger partial charge in [0.05, 0.1) is 5.69 Å². The molecule has 1 spiro atoms. The molecule has 40 heavy (non-hydrogen) atoms. The molecule has 0 saturated heterocycles. The van der Waals surface area contributed by atoms with E-state index in [1.165, 1.54) is 0 Å².